The molecule has 1 N–H and O–H groups in total. The highest BCUT2D eigenvalue weighted by atomic mass is 32.2. The van der Waals surface area contributed by atoms with Crippen molar-refractivity contribution in [2.45, 2.75) is 56.2 Å². The molecule has 0 spiro atoms. The van der Waals surface area contributed by atoms with E-state index >= 15 is 0 Å². The van der Waals surface area contributed by atoms with E-state index in [4.69, 9.17) is 0 Å². The second-order valence-corrected chi connectivity index (χ2v) is 7.15. The van der Waals surface area contributed by atoms with E-state index in [1.807, 2.05) is 13.8 Å². The molecule has 0 aliphatic carbocycles. The zero-order chi connectivity index (χ0) is 16.0. The molecule has 3 nitrogen and oxygen atoms in total. The SMILES string of the molecule is CCCC(NCC)C(CC)S(=O)(=O)c1cc(F)ccc1F. The Morgan fingerprint density at radius 2 is 1.86 bits per heavy atom. The van der Waals surface area contributed by atoms with Gasteiger partial charge in [0.2, 0.25) is 0 Å². The number of hydrogen-bond acceptors (Lipinski definition) is 3. The number of benzene rings is 1. The zero-order valence-corrected chi connectivity index (χ0v) is 13.5. The van der Waals surface area contributed by atoms with Crippen molar-refractivity contribution in [3.05, 3.63) is 29.8 Å². The Morgan fingerprint density at radius 3 is 2.38 bits per heavy atom. The third-order valence-electron chi connectivity index (χ3n) is 3.52. The Hall–Kier alpha value is -1.01. The molecule has 1 rings (SSSR count). The monoisotopic (exact) mass is 319 g/mol. The van der Waals surface area contributed by atoms with Crippen LogP contribution in [0.4, 0.5) is 8.78 Å². The van der Waals surface area contributed by atoms with Crippen molar-refractivity contribution in [3.63, 3.8) is 0 Å². The van der Waals surface area contributed by atoms with Crippen LogP contribution in [-0.4, -0.2) is 26.3 Å². The molecule has 0 saturated heterocycles. The molecule has 120 valence electrons. The Balaban J connectivity index is 3.26. The minimum absolute atomic E-state index is 0.266. The molecule has 2 atom stereocenters. The summed E-state index contributed by atoms with van der Waals surface area (Å²) in [4.78, 5) is -0.548. The number of nitrogens with one attached hydrogen (secondary N) is 1. The molecular weight excluding hydrogens is 296 g/mol. The highest BCUT2D eigenvalue weighted by molar-refractivity contribution is 7.92. The van der Waals surface area contributed by atoms with E-state index in [1.54, 1.807) is 6.92 Å². The standard InChI is InChI=1S/C15H23F2NO2S/c1-4-7-13(18-6-3)14(5-2)21(19,20)15-10-11(16)8-9-12(15)17/h8-10,13-14,18H,4-7H2,1-3H3. The van der Waals surface area contributed by atoms with Crippen molar-refractivity contribution in [2.75, 3.05) is 6.54 Å². The van der Waals surface area contributed by atoms with Crippen LogP contribution in [-0.2, 0) is 9.84 Å². The first-order valence-corrected chi connectivity index (χ1v) is 8.85. The Labute approximate surface area is 125 Å². The summed E-state index contributed by atoms with van der Waals surface area (Å²) < 4.78 is 52.5. The summed E-state index contributed by atoms with van der Waals surface area (Å²) in [6.45, 7) is 6.24. The van der Waals surface area contributed by atoms with Gasteiger partial charge < -0.3 is 5.32 Å². The Kier molecular flexibility index (Phi) is 6.74. The van der Waals surface area contributed by atoms with Crippen LogP contribution in [0.15, 0.2) is 23.1 Å². The molecule has 2 unspecified atom stereocenters. The van der Waals surface area contributed by atoms with Crippen molar-refractivity contribution in [1.82, 2.24) is 5.32 Å². The van der Waals surface area contributed by atoms with E-state index in [0.717, 1.165) is 24.6 Å². The van der Waals surface area contributed by atoms with Gasteiger partial charge in [0, 0.05) is 6.04 Å². The fourth-order valence-electron chi connectivity index (χ4n) is 2.57. The molecule has 0 fully saturated rings. The molecule has 0 radical (unpaired) electrons. The third-order valence-corrected chi connectivity index (χ3v) is 5.90. The second kappa shape index (κ2) is 7.84. The average molecular weight is 319 g/mol. The average Bonchev–Trinajstić information content (AvgIpc) is 2.42. The van der Waals surface area contributed by atoms with E-state index in [1.165, 1.54) is 0 Å². The summed E-state index contributed by atoms with van der Waals surface area (Å²) in [7, 11) is -3.93. The normalized spacial score (nSPS) is 14.9. The summed E-state index contributed by atoms with van der Waals surface area (Å²) in [6.07, 6.45) is 1.83. The highest BCUT2D eigenvalue weighted by Crippen LogP contribution is 2.26. The molecule has 0 aliphatic heterocycles. The van der Waals surface area contributed by atoms with Gasteiger partial charge in [0.25, 0.3) is 0 Å². The number of sulfone groups is 1. The molecule has 21 heavy (non-hydrogen) atoms. The fourth-order valence-corrected chi connectivity index (χ4v) is 4.62. The van der Waals surface area contributed by atoms with Crippen LogP contribution in [0.5, 0.6) is 0 Å². The lowest BCUT2D eigenvalue weighted by molar-refractivity contribution is 0.442. The first-order valence-electron chi connectivity index (χ1n) is 7.30. The smallest absolute Gasteiger partial charge is 0.185 e. The first kappa shape index (κ1) is 18.0. The predicted molar refractivity (Wildman–Crippen MR) is 80.0 cm³/mol. The van der Waals surface area contributed by atoms with Gasteiger partial charge in [-0.05, 0) is 37.6 Å². The van der Waals surface area contributed by atoms with E-state index in [-0.39, 0.29) is 6.04 Å². The minimum atomic E-state index is -3.93. The maximum absolute atomic E-state index is 13.8. The molecule has 0 heterocycles. The summed E-state index contributed by atoms with van der Waals surface area (Å²) >= 11 is 0. The summed E-state index contributed by atoms with van der Waals surface area (Å²) in [5, 5.41) is 2.38. The summed E-state index contributed by atoms with van der Waals surface area (Å²) in [6, 6.07) is 2.28. The van der Waals surface area contributed by atoms with Crippen LogP contribution < -0.4 is 5.32 Å². The van der Waals surface area contributed by atoms with Crippen LogP contribution in [0.1, 0.15) is 40.0 Å². The van der Waals surface area contributed by atoms with Crippen LogP contribution in [0, 0.1) is 11.6 Å². The van der Waals surface area contributed by atoms with E-state index < -0.39 is 31.6 Å². The van der Waals surface area contributed by atoms with Crippen molar-refractivity contribution < 1.29 is 17.2 Å². The molecule has 0 amide bonds. The molecule has 0 saturated carbocycles. The van der Waals surface area contributed by atoms with Gasteiger partial charge in [-0.15, -0.1) is 0 Å². The lowest BCUT2D eigenvalue weighted by Crippen LogP contribution is -2.44. The topological polar surface area (TPSA) is 46.2 Å². The van der Waals surface area contributed by atoms with Gasteiger partial charge >= 0.3 is 0 Å². The van der Waals surface area contributed by atoms with Gasteiger partial charge in [-0.1, -0.05) is 27.2 Å². The molecule has 6 heteroatoms. The first-order chi connectivity index (χ1) is 9.88. The van der Waals surface area contributed by atoms with Crippen LogP contribution >= 0.6 is 0 Å². The molecule has 1 aromatic rings. The second-order valence-electron chi connectivity index (χ2n) is 5.02. The van der Waals surface area contributed by atoms with Gasteiger partial charge in [0.1, 0.15) is 16.5 Å². The van der Waals surface area contributed by atoms with Crippen LogP contribution in [0.3, 0.4) is 0 Å². The number of rotatable bonds is 8. The quantitative estimate of drug-likeness (QED) is 0.800. The van der Waals surface area contributed by atoms with E-state index in [2.05, 4.69) is 5.32 Å². The predicted octanol–water partition coefficient (Wildman–Crippen LogP) is 3.30. The molecular formula is C15H23F2NO2S. The van der Waals surface area contributed by atoms with E-state index in [0.29, 0.717) is 19.4 Å². The zero-order valence-electron chi connectivity index (χ0n) is 12.7. The molecule has 1 aromatic carbocycles. The van der Waals surface area contributed by atoms with Gasteiger partial charge in [0.15, 0.2) is 9.84 Å². The Bertz CT molecular complexity index is 555. The molecule has 0 aromatic heterocycles. The number of hydrogen-bond donors (Lipinski definition) is 1. The van der Waals surface area contributed by atoms with Gasteiger partial charge in [-0.2, -0.15) is 0 Å². The van der Waals surface area contributed by atoms with Crippen molar-refractivity contribution >= 4 is 9.84 Å². The summed E-state index contributed by atoms with van der Waals surface area (Å²) in [5.74, 6) is -1.65. The lowest BCUT2D eigenvalue weighted by atomic mass is 10.1. The summed E-state index contributed by atoms with van der Waals surface area (Å²) in [5.41, 5.74) is 0. The Morgan fingerprint density at radius 1 is 1.19 bits per heavy atom. The number of halogens is 2. The minimum Gasteiger partial charge on any atom is -0.313 e. The van der Waals surface area contributed by atoms with Crippen molar-refractivity contribution in [3.8, 4) is 0 Å². The maximum Gasteiger partial charge on any atom is 0.185 e. The van der Waals surface area contributed by atoms with Crippen molar-refractivity contribution in [2.24, 2.45) is 0 Å². The van der Waals surface area contributed by atoms with Gasteiger partial charge in [0.05, 0.1) is 5.25 Å². The maximum atomic E-state index is 13.8. The molecule has 0 bridgehead atoms. The fraction of sp³-hybridized carbons (Fsp3) is 0.600. The van der Waals surface area contributed by atoms with Gasteiger partial charge in [-0.3, -0.25) is 0 Å². The van der Waals surface area contributed by atoms with Gasteiger partial charge in [-0.25, -0.2) is 17.2 Å². The van der Waals surface area contributed by atoms with E-state index in [9.17, 15) is 17.2 Å². The van der Waals surface area contributed by atoms with Crippen molar-refractivity contribution in [1.29, 1.82) is 0 Å². The largest absolute Gasteiger partial charge is 0.313 e. The molecule has 0 aliphatic rings. The van der Waals surface area contributed by atoms with Crippen LogP contribution in [0.25, 0.3) is 0 Å². The van der Waals surface area contributed by atoms with Crippen LogP contribution in [0.2, 0.25) is 0 Å². The lowest BCUT2D eigenvalue weighted by Gasteiger charge is -2.27. The highest BCUT2D eigenvalue weighted by Gasteiger charge is 2.34. The third kappa shape index (κ3) is 4.23.